The van der Waals surface area contributed by atoms with E-state index in [-0.39, 0.29) is 18.2 Å². The molecular weight excluding hydrogens is 442 g/mol. The van der Waals surface area contributed by atoms with E-state index >= 15 is 0 Å². The van der Waals surface area contributed by atoms with Crippen molar-refractivity contribution in [1.29, 1.82) is 0 Å². The zero-order valence-corrected chi connectivity index (χ0v) is 21.0. The van der Waals surface area contributed by atoms with Crippen molar-refractivity contribution < 1.29 is 18.4 Å². The van der Waals surface area contributed by atoms with Crippen LogP contribution in [0.2, 0.25) is 0 Å². The molecule has 35 heavy (non-hydrogen) atoms. The fourth-order valence-corrected chi connectivity index (χ4v) is 5.21. The summed E-state index contributed by atoms with van der Waals surface area (Å²) in [6.07, 6.45) is 6.25. The van der Waals surface area contributed by atoms with Gasteiger partial charge in [-0.15, -0.1) is 0 Å². The quantitative estimate of drug-likeness (QED) is 0.524. The molecule has 2 aliphatic rings. The van der Waals surface area contributed by atoms with Crippen molar-refractivity contribution >= 4 is 28.5 Å². The van der Waals surface area contributed by atoms with E-state index in [4.69, 9.17) is 8.83 Å². The van der Waals surface area contributed by atoms with Crippen molar-refractivity contribution in [2.24, 2.45) is 11.0 Å². The molecule has 0 atom stereocenters. The Morgan fingerprint density at radius 1 is 1.11 bits per heavy atom. The molecule has 2 amide bonds. The second-order valence-electron chi connectivity index (χ2n) is 10.1. The minimum absolute atomic E-state index is 0.0375. The van der Waals surface area contributed by atoms with Crippen LogP contribution < -0.4 is 5.43 Å². The van der Waals surface area contributed by atoms with E-state index in [1.807, 2.05) is 37.8 Å². The molecule has 1 fully saturated rings. The number of furan rings is 2. The number of aryl methyl sites for hydroxylation is 3. The van der Waals surface area contributed by atoms with Crippen LogP contribution in [0.3, 0.4) is 0 Å². The number of benzene rings is 1. The van der Waals surface area contributed by atoms with Crippen LogP contribution in [0.25, 0.3) is 11.0 Å². The summed E-state index contributed by atoms with van der Waals surface area (Å²) in [7, 11) is 0. The zero-order valence-electron chi connectivity index (χ0n) is 21.0. The Balaban J connectivity index is 1.32. The van der Waals surface area contributed by atoms with Crippen LogP contribution in [-0.4, -0.2) is 35.5 Å². The molecule has 5 rings (SSSR count). The van der Waals surface area contributed by atoms with E-state index in [1.54, 1.807) is 6.26 Å². The van der Waals surface area contributed by atoms with E-state index in [0.717, 1.165) is 95.5 Å². The summed E-state index contributed by atoms with van der Waals surface area (Å²) in [5.41, 5.74) is 9.11. The van der Waals surface area contributed by atoms with Gasteiger partial charge in [-0.1, -0.05) is 19.1 Å². The third-order valence-electron chi connectivity index (χ3n) is 7.60. The number of nitrogens with one attached hydrogen (secondary N) is 1. The SMILES string of the molecule is Cc1ccc2c(CC(=O)N/N=C3\CCCc4oc(C(=O)N5CCC(C)CC5)c(C)c43)coc2c1C. The first-order valence-corrected chi connectivity index (χ1v) is 12.6. The second kappa shape index (κ2) is 9.36. The molecule has 7 heteroatoms. The Hall–Kier alpha value is -3.35. The minimum Gasteiger partial charge on any atom is -0.464 e. The topological polar surface area (TPSA) is 88.0 Å². The lowest BCUT2D eigenvalue weighted by Crippen LogP contribution is -2.38. The highest BCUT2D eigenvalue weighted by Gasteiger charge is 2.31. The van der Waals surface area contributed by atoms with Gasteiger partial charge in [0.05, 0.1) is 18.4 Å². The smallest absolute Gasteiger partial charge is 0.289 e. The number of fused-ring (bicyclic) bond motifs is 2. The number of carbonyl (C=O) groups excluding carboxylic acids is 2. The molecule has 0 saturated carbocycles. The highest BCUT2D eigenvalue weighted by molar-refractivity contribution is 6.06. The fraction of sp³-hybridized carbons (Fsp3) is 0.464. The van der Waals surface area contributed by atoms with Gasteiger partial charge in [0.1, 0.15) is 11.3 Å². The summed E-state index contributed by atoms with van der Waals surface area (Å²) < 4.78 is 11.8. The first-order chi connectivity index (χ1) is 16.8. The first-order valence-electron chi connectivity index (χ1n) is 12.6. The molecular formula is C28H33N3O4. The van der Waals surface area contributed by atoms with E-state index in [2.05, 4.69) is 17.5 Å². The van der Waals surface area contributed by atoms with Crippen molar-refractivity contribution in [2.45, 2.75) is 66.2 Å². The molecule has 3 aromatic rings. The van der Waals surface area contributed by atoms with Crippen molar-refractivity contribution in [3.63, 3.8) is 0 Å². The van der Waals surface area contributed by atoms with Gasteiger partial charge in [0.25, 0.3) is 5.91 Å². The Bertz CT molecular complexity index is 1320. The number of amides is 2. The summed E-state index contributed by atoms with van der Waals surface area (Å²) in [4.78, 5) is 27.8. The minimum atomic E-state index is -0.203. The van der Waals surface area contributed by atoms with Crippen LogP contribution >= 0.6 is 0 Å². The van der Waals surface area contributed by atoms with Crippen LogP contribution in [0, 0.1) is 26.7 Å². The number of rotatable bonds is 4. The van der Waals surface area contributed by atoms with Gasteiger partial charge < -0.3 is 13.7 Å². The number of hydrogen-bond acceptors (Lipinski definition) is 5. The summed E-state index contributed by atoms with van der Waals surface area (Å²) in [6.45, 7) is 9.75. The Morgan fingerprint density at radius 3 is 2.66 bits per heavy atom. The molecule has 1 N–H and O–H groups in total. The van der Waals surface area contributed by atoms with Gasteiger partial charge in [-0.3, -0.25) is 9.59 Å². The van der Waals surface area contributed by atoms with Gasteiger partial charge in [-0.25, -0.2) is 5.43 Å². The Labute approximate surface area is 205 Å². The third-order valence-corrected chi connectivity index (χ3v) is 7.60. The Kier molecular flexibility index (Phi) is 6.26. The van der Waals surface area contributed by atoms with Crippen LogP contribution in [0.1, 0.15) is 76.7 Å². The van der Waals surface area contributed by atoms with E-state index in [9.17, 15) is 9.59 Å². The number of hydrazone groups is 1. The lowest BCUT2D eigenvalue weighted by Gasteiger charge is -2.29. The molecule has 1 aromatic carbocycles. The van der Waals surface area contributed by atoms with Crippen LogP contribution in [0.4, 0.5) is 0 Å². The largest absolute Gasteiger partial charge is 0.464 e. The molecule has 184 valence electrons. The second-order valence-corrected chi connectivity index (χ2v) is 10.1. The van der Waals surface area contributed by atoms with Gasteiger partial charge in [0.15, 0.2) is 5.76 Å². The average Bonchev–Trinajstić information content (AvgIpc) is 3.41. The number of nitrogens with zero attached hydrogens (tertiary/aromatic N) is 2. The molecule has 7 nitrogen and oxygen atoms in total. The molecule has 1 aliphatic heterocycles. The summed E-state index contributed by atoms with van der Waals surface area (Å²) in [5, 5.41) is 5.43. The molecule has 2 aromatic heterocycles. The predicted molar refractivity (Wildman–Crippen MR) is 135 cm³/mol. The summed E-state index contributed by atoms with van der Waals surface area (Å²) >= 11 is 0. The van der Waals surface area contributed by atoms with Crippen molar-refractivity contribution in [3.8, 4) is 0 Å². The molecule has 1 saturated heterocycles. The molecule has 0 spiro atoms. The number of carbonyl (C=O) groups is 2. The molecule has 0 unspecified atom stereocenters. The van der Waals surface area contributed by atoms with Gasteiger partial charge in [-0.05, 0) is 63.5 Å². The molecule has 0 bridgehead atoms. The molecule has 1 aliphatic carbocycles. The van der Waals surface area contributed by atoms with Crippen molar-refractivity contribution in [1.82, 2.24) is 10.3 Å². The number of likely N-dealkylation sites (tertiary alicyclic amines) is 1. The van der Waals surface area contributed by atoms with Crippen LogP contribution in [-0.2, 0) is 17.6 Å². The van der Waals surface area contributed by atoms with Gasteiger partial charge in [0.2, 0.25) is 5.91 Å². The van der Waals surface area contributed by atoms with E-state index in [1.165, 1.54) is 0 Å². The van der Waals surface area contributed by atoms with Crippen molar-refractivity contribution in [3.05, 3.63) is 57.7 Å². The monoisotopic (exact) mass is 475 g/mol. The van der Waals surface area contributed by atoms with E-state index < -0.39 is 0 Å². The van der Waals surface area contributed by atoms with Gasteiger partial charge >= 0.3 is 0 Å². The maximum absolute atomic E-state index is 13.2. The molecule has 3 heterocycles. The predicted octanol–water partition coefficient (Wildman–Crippen LogP) is 5.22. The standard InChI is InChI=1S/C28H33N3O4/c1-16-10-12-31(13-11-16)28(33)27-19(4)25-22(6-5-7-23(25)35-27)29-30-24(32)14-20-15-34-26-18(3)17(2)8-9-21(20)26/h8-9,15-16H,5-7,10-14H2,1-4H3,(H,30,32)/b29-22+. The van der Waals surface area contributed by atoms with Crippen molar-refractivity contribution in [2.75, 3.05) is 13.1 Å². The lowest BCUT2D eigenvalue weighted by molar-refractivity contribution is -0.120. The summed E-state index contributed by atoms with van der Waals surface area (Å²) in [5.74, 6) is 1.62. The first kappa shape index (κ1) is 23.4. The summed E-state index contributed by atoms with van der Waals surface area (Å²) in [6, 6.07) is 4.04. The Morgan fingerprint density at radius 2 is 1.89 bits per heavy atom. The van der Waals surface area contributed by atoms with Crippen LogP contribution in [0.5, 0.6) is 0 Å². The van der Waals surface area contributed by atoms with Gasteiger partial charge in [-0.2, -0.15) is 5.10 Å². The number of piperidine rings is 1. The van der Waals surface area contributed by atoms with Gasteiger partial charge in [0, 0.05) is 41.6 Å². The maximum atomic E-state index is 13.2. The van der Waals surface area contributed by atoms with Crippen LogP contribution in [0.15, 0.2) is 32.3 Å². The number of hydrogen-bond donors (Lipinski definition) is 1. The average molecular weight is 476 g/mol. The third kappa shape index (κ3) is 4.40. The molecule has 0 radical (unpaired) electrons. The maximum Gasteiger partial charge on any atom is 0.289 e. The fourth-order valence-electron chi connectivity index (χ4n) is 5.21. The normalized spacial score (nSPS) is 17.7. The highest BCUT2D eigenvalue weighted by atomic mass is 16.4. The zero-order chi connectivity index (χ0) is 24.7. The lowest BCUT2D eigenvalue weighted by atomic mass is 9.93. The highest BCUT2D eigenvalue weighted by Crippen LogP contribution is 2.31. The van der Waals surface area contributed by atoms with E-state index in [0.29, 0.717) is 11.7 Å².